The van der Waals surface area contributed by atoms with Gasteiger partial charge < -0.3 is 14.5 Å². The third-order valence-corrected chi connectivity index (χ3v) is 9.18. The molecule has 1 amide bonds. The molecule has 0 unspecified atom stereocenters. The third-order valence-electron chi connectivity index (χ3n) is 9.18. The molecule has 3 aromatic carbocycles. The number of benzene rings is 3. The monoisotopic (exact) mass is 645 g/mol. The molecule has 0 spiro atoms. The zero-order chi connectivity index (χ0) is 33.5. The first-order valence-corrected chi connectivity index (χ1v) is 16.4. The Bertz CT molecular complexity index is 1800. The number of nitrogens with zero attached hydrogens (tertiary/aromatic N) is 7. The van der Waals surface area contributed by atoms with Crippen LogP contribution in [0, 0.1) is 5.82 Å². The van der Waals surface area contributed by atoms with E-state index in [1.165, 1.54) is 6.20 Å². The number of fused-ring (bicyclic) bond motifs is 1. The summed E-state index contributed by atoms with van der Waals surface area (Å²) in [5, 5.41) is 4.83. The lowest BCUT2D eigenvalue weighted by molar-refractivity contribution is 0.0240. The Kier molecular flexibility index (Phi) is 8.20. The minimum atomic E-state index is -0.622. The number of halogens is 1. The number of piperazine rings is 1. The van der Waals surface area contributed by atoms with Crippen molar-refractivity contribution in [1.82, 2.24) is 29.5 Å². The van der Waals surface area contributed by atoms with Crippen LogP contribution < -0.4 is 4.90 Å². The van der Waals surface area contributed by atoms with Gasteiger partial charge in [-0.15, -0.1) is 0 Å². The van der Waals surface area contributed by atoms with Gasteiger partial charge in [0.2, 0.25) is 5.95 Å². The van der Waals surface area contributed by atoms with Crippen LogP contribution in [0.4, 0.5) is 15.1 Å². The van der Waals surface area contributed by atoms with E-state index in [1.807, 2.05) is 55.6 Å². The normalized spacial score (nSPS) is 15.4. The molecule has 4 heterocycles. The van der Waals surface area contributed by atoms with Crippen molar-refractivity contribution < 1.29 is 13.9 Å². The molecule has 7 rings (SSSR count). The Morgan fingerprint density at radius 3 is 1.83 bits per heavy atom. The highest BCUT2D eigenvalue weighted by Crippen LogP contribution is 2.47. The number of anilines is 1. The average molecular weight is 646 g/mol. The van der Waals surface area contributed by atoms with E-state index in [-0.39, 0.29) is 11.8 Å². The lowest BCUT2D eigenvalue weighted by Crippen LogP contribution is -2.50. The van der Waals surface area contributed by atoms with E-state index in [0.29, 0.717) is 50.9 Å². The van der Waals surface area contributed by atoms with Crippen molar-refractivity contribution in [1.29, 1.82) is 0 Å². The number of carbonyl (C=O) groups excluding carboxylic acids is 1. The van der Waals surface area contributed by atoms with Crippen LogP contribution in [0.15, 0.2) is 97.2 Å². The Morgan fingerprint density at radius 2 is 1.31 bits per heavy atom. The van der Waals surface area contributed by atoms with Gasteiger partial charge in [-0.25, -0.2) is 19.2 Å². The molecule has 0 atom stereocenters. The fourth-order valence-corrected chi connectivity index (χ4v) is 7.00. The molecular formula is C38H40FN7O2. The van der Waals surface area contributed by atoms with Gasteiger partial charge in [-0.1, -0.05) is 91.0 Å². The number of rotatable bonds is 6. The first kappa shape index (κ1) is 31.5. The summed E-state index contributed by atoms with van der Waals surface area (Å²) < 4.78 is 23.1. The maximum absolute atomic E-state index is 15.7. The highest BCUT2D eigenvalue weighted by Gasteiger charge is 2.46. The van der Waals surface area contributed by atoms with E-state index in [0.717, 1.165) is 27.9 Å². The molecule has 0 bridgehead atoms. The zero-order valence-corrected chi connectivity index (χ0v) is 27.8. The smallest absolute Gasteiger partial charge is 0.410 e. The van der Waals surface area contributed by atoms with Crippen molar-refractivity contribution in [3.8, 4) is 11.4 Å². The van der Waals surface area contributed by atoms with Crippen molar-refractivity contribution >= 4 is 12.0 Å². The molecule has 5 aromatic rings. The van der Waals surface area contributed by atoms with E-state index in [1.54, 1.807) is 4.90 Å². The highest BCUT2D eigenvalue weighted by molar-refractivity contribution is 5.69. The quantitative estimate of drug-likeness (QED) is 0.198. The zero-order valence-electron chi connectivity index (χ0n) is 27.8. The fraction of sp³-hybridized carbons (Fsp3) is 0.316. The van der Waals surface area contributed by atoms with Crippen molar-refractivity contribution in [2.75, 3.05) is 31.1 Å². The summed E-state index contributed by atoms with van der Waals surface area (Å²) in [6.07, 6.45) is 0.891. The molecule has 2 aliphatic rings. The van der Waals surface area contributed by atoms with E-state index in [9.17, 15) is 4.79 Å². The Balaban J connectivity index is 1.24. The molecule has 0 radical (unpaired) electrons. The summed E-state index contributed by atoms with van der Waals surface area (Å²) in [5.41, 5.74) is 4.91. The number of amides is 1. The standard InChI is InChI=1S/C38H40FN7O2/c1-37(2,3)48-36(47)45-22-20-44(21-23-45)35-40-24-31(39)34(41-35)33-30-25-46(26-32(30)43(4)42-33)38(27-14-8-5-9-15-27,28-16-10-6-11-17-28)29-18-12-7-13-19-29/h5-19,24H,20-23,25-26H2,1-4H3. The summed E-state index contributed by atoms with van der Waals surface area (Å²) in [6.45, 7) is 8.63. The number of carbonyl (C=O) groups is 1. The second-order valence-corrected chi connectivity index (χ2v) is 13.4. The molecule has 48 heavy (non-hydrogen) atoms. The molecule has 0 saturated carbocycles. The fourth-order valence-electron chi connectivity index (χ4n) is 7.00. The predicted octanol–water partition coefficient (Wildman–Crippen LogP) is 6.38. The van der Waals surface area contributed by atoms with E-state index in [4.69, 9.17) is 14.8 Å². The molecule has 1 saturated heterocycles. The van der Waals surface area contributed by atoms with Crippen LogP contribution in [0.25, 0.3) is 11.4 Å². The van der Waals surface area contributed by atoms with E-state index >= 15 is 4.39 Å². The second-order valence-electron chi connectivity index (χ2n) is 13.4. The number of hydrogen-bond acceptors (Lipinski definition) is 7. The maximum Gasteiger partial charge on any atom is 0.410 e. The average Bonchev–Trinajstić information content (AvgIpc) is 3.66. The summed E-state index contributed by atoms with van der Waals surface area (Å²) in [4.78, 5) is 27.8. The number of ether oxygens (including phenoxy) is 1. The van der Waals surface area contributed by atoms with Gasteiger partial charge in [0.15, 0.2) is 5.82 Å². The third kappa shape index (κ3) is 5.70. The van der Waals surface area contributed by atoms with Crippen molar-refractivity contribution in [3.05, 3.63) is 131 Å². The van der Waals surface area contributed by atoms with Crippen LogP contribution in [-0.4, -0.2) is 67.4 Å². The molecule has 2 aliphatic heterocycles. The van der Waals surface area contributed by atoms with Crippen LogP contribution in [0.2, 0.25) is 0 Å². The summed E-state index contributed by atoms with van der Waals surface area (Å²) in [5.74, 6) is -0.109. The van der Waals surface area contributed by atoms with Crippen molar-refractivity contribution in [2.45, 2.75) is 45.0 Å². The molecule has 0 aliphatic carbocycles. The van der Waals surface area contributed by atoms with Gasteiger partial charge in [-0.2, -0.15) is 5.10 Å². The van der Waals surface area contributed by atoms with E-state index in [2.05, 4.69) is 82.7 Å². The minimum Gasteiger partial charge on any atom is -0.444 e. The number of hydrogen-bond donors (Lipinski definition) is 0. The van der Waals surface area contributed by atoms with Crippen molar-refractivity contribution in [3.63, 3.8) is 0 Å². The Labute approximate surface area is 280 Å². The highest BCUT2D eigenvalue weighted by atomic mass is 19.1. The lowest BCUT2D eigenvalue weighted by Gasteiger charge is -2.43. The van der Waals surface area contributed by atoms with Crippen LogP contribution in [0.5, 0.6) is 0 Å². The molecule has 10 heteroatoms. The second kappa shape index (κ2) is 12.5. The van der Waals surface area contributed by atoms with Gasteiger partial charge in [-0.3, -0.25) is 9.58 Å². The van der Waals surface area contributed by atoms with Gasteiger partial charge in [0, 0.05) is 51.9 Å². The predicted molar refractivity (Wildman–Crippen MR) is 183 cm³/mol. The largest absolute Gasteiger partial charge is 0.444 e. The molecular weight excluding hydrogens is 605 g/mol. The van der Waals surface area contributed by atoms with Gasteiger partial charge in [-0.05, 0) is 37.5 Å². The van der Waals surface area contributed by atoms with Crippen LogP contribution in [-0.2, 0) is 30.4 Å². The molecule has 2 aromatic heterocycles. The van der Waals surface area contributed by atoms with Crippen LogP contribution in [0.3, 0.4) is 0 Å². The minimum absolute atomic E-state index is 0.179. The molecule has 1 fully saturated rings. The van der Waals surface area contributed by atoms with Gasteiger partial charge in [0.1, 0.15) is 17.0 Å². The van der Waals surface area contributed by atoms with Gasteiger partial charge >= 0.3 is 6.09 Å². The SMILES string of the molecule is Cn1nc(-c2nc(N3CCN(C(=O)OC(C)(C)C)CC3)ncc2F)c2c1CN(C(c1ccccc1)(c1ccccc1)c1ccccc1)C2. The Morgan fingerprint density at radius 1 is 0.771 bits per heavy atom. The Hall–Kier alpha value is -5.09. The van der Waals surface area contributed by atoms with Crippen LogP contribution >= 0.6 is 0 Å². The lowest BCUT2D eigenvalue weighted by atomic mass is 9.75. The van der Waals surface area contributed by atoms with Crippen LogP contribution in [0.1, 0.15) is 48.7 Å². The first-order chi connectivity index (χ1) is 23.1. The molecule has 246 valence electrons. The summed E-state index contributed by atoms with van der Waals surface area (Å²) in [7, 11) is 1.91. The van der Waals surface area contributed by atoms with Gasteiger partial charge in [0.05, 0.1) is 17.4 Å². The topological polar surface area (TPSA) is 79.6 Å². The molecule has 0 N–H and O–H groups in total. The first-order valence-electron chi connectivity index (χ1n) is 16.4. The van der Waals surface area contributed by atoms with E-state index < -0.39 is 17.0 Å². The maximum atomic E-state index is 15.7. The molecule has 9 nitrogen and oxygen atoms in total. The summed E-state index contributed by atoms with van der Waals surface area (Å²) in [6, 6.07) is 31.7. The van der Waals surface area contributed by atoms with Crippen molar-refractivity contribution in [2.24, 2.45) is 7.05 Å². The number of aryl methyl sites for hydroxylation is 1. The summed E-state index contributed by atoms with van der Waals surface area (Å²) >= 11 is 0. The number of aromatic nitrogens is 4. The van der Waals surface area contributed by atoms with Gasteiger partial charge in [0.25, 0.3) is 0 Å².